The minimum absolute atomic E-state index is 0.00822. The van der Waals surface area contributed by atoms with E-state index < -0.39 is 5.56 Å². The number of nitrogens with one attached hydrogen (secondary N) is 1. The van der Waals surface area contributed by atoms with Crippen molar-refractivity contribution in [1.29, 1.82) is 0 Å². The van der Waals surface area contributed by atoms with Gasteiger partial charge in [0.25, 0.3) is 5.56 Å². The standard InChI is InChI=1S/C13H12N2O3S/c1-5(16)8-10(14)9-6-3-2-4-7(17)11(6)19-13(9)15-12(8)18/h2-4H2,1H3,(H3,14,15,18). The maximum atomic E-state index is 11.9. The molecule has 5 nitrogen and oxygen atoms in total. The summed E-state index contributed by atoms with van der Waals surface area (Å²) < 4.78 is 0. The van der Waals surface area contributed by atoms with Crippen LogP contribution in [0.2, 0.25) is 0 Å². The lowest BCUT2D eigenvalue weighted by Crippen LogP contribution is -2.18. The number of H-pyrrole nitrogens is 1. The Morgan fingerprint density at radius 1 is 1.32 bits per heavy atom. The highest BCUT2D eigenvalue weighted by Crippen LogP contribution is 2.38. The van der Waals surface area contributed by atoms with E-state index in [-0.39, 0.29) is 22.8 Å². The normalized spacial score (nSPS) is 14.7. The Morgan fingerprint density at radius 2 is 2.05 bits per heavy atom. The van der Waals surface area contributed by atoms with Crippen molar-refractivity contribution in [1.82, 2.24) is 4.98 Å². The van der Waals surface area contributed by atoms with Crippen molar-refractivity contribution in [2.45, 2.75) is 26.2 Å². The molecule has 0 bridgehead atoms. The molecule has 2 aromatic heterocycles. The molecule has 3 N–H and O–H groups in total. The van der Waals surface area contributed by atoms with Crippen LogP contribution in [-0.4, -0.2) is 16.6 Å². The number of aromatic amines is 1. The number of nitrogen functional groups attached to an aromatic ring is 1. The summed E-state index contributed by atoms with van der Waals surface area (Å²) in [6.07, 6.45) is 2.07. The molecule has 98 valence electrons. The number of anilines is 1. The predicted molar refractivity (Wildman–Crippen MR) is 74.1 cm³/mol. The number of aromatic nitrogens is 1. The molecular weight excluding hydrogens is 264 g/mol. The Balaban J connectivity index is 2.46. The van der Waals surface area contributed by atoms with Crippen molar-refractivity contribution in [3.63, 3.8) is 0 Å². The Labute approximate surface area is 112 Å². The van der Waals surface area contributed by atoms with Gasteiger partial charge in [-0.2, -0.15) is 0 Å². The molecule has 6 heteroatoms. The molecule has 19 heavy (non-hydrogen) atoms. The number of fused-ring (bicyclic) bond motifs is 3. The zero-order valence-electron chi connectivity index (χ0n) is 10.3. The first-order valence-electron chi connectivity index (χ1n) is 6.02. The van der Waals surface area contributed by atoms with Gasteiger partial charge in [0.15, 0.2) is 11.6 Å². The Morgan fingerprint density at radius 3 is 2.74 bits per heavy atom. The summed E-state index contributed by atoms with van der Waals surface area (Å²) in [6.45, 7) is 1.32. The molecule has 0 fully saturated rings. The number of Topliss-reactive ketones (excluding diaryl/α,β-unsaturated/α-hetero) is 2. The molecule has 2 heterocycles. The molecule has 0 amide bonds. The van der Waals surface area contributed by atoms with E-state index in [2.05, 4.69) is 4.98 Å². The summed E-state index contributed by atoms with van der Waals surface area (Å²) >= 11 is 1.26. The summed E-state index contributed by atoms with van der Waals surface area (Å²) in [6, 6.07) is 0. The maximum Gasteiger partial charge on any atom is 0.262 e. The Hall–Kier alpha value is -1.95. The van der Waals surface area contributed by atoms with Crippen LogP contribution in [0.15, 0.2) is 4.79 Å². The second-order valence-electron chi connectivity index (χ2n) is 4.69. The number of pyridine rings is 1. The largest absolute Gasteiger partial charge is 0.397 e. The highest BCUT2D eigenvalue weighted by atomic mass is 32.1. The van der Waals surface area contributed by atoms with Gasteiger partial charge in [-0.25, -0.2) is 0 Å². The van der Waals surface area contributed by atoms with Gasteiger partial charge in [-0.1, -0.05) is 0 Å². The number of hydrogen-bond acceptors (Lipinski definition) is 5. The minimum Gasteiger partial charge on any atom is -0.397 e. The van der Waals surface area contributed by atoms with Gasteiger partial charge in [-0.3, -0.25) is 14.4 Å². The summed E-state index contributed by atoms with van der Waals surface area (Å²) in [5, 5.41) is 0.679. The third-order valence-corrected chi connectivity index (χ3v) is 4.62. The second-order valence-corrected chi connectivity index (χ2v) is 5.71. The summed E-state index contributed by atoms with van der Waals surface area (Å²) in [7, 11) is 0. The predicted octanol–water partition coefficient (Wildman–Crippen LogP) is 1.89. The van der Waals surface area contributed by atoms with Crippen molar-refractivity contribution in [2.75, 3.05) is 5.73 Å². The number of nitrogens with two attached hydrogens (primary N) is 1. The molecule has 0 saturated heterocycles. The molecule has 0 aromatic carbocycles. The lowest BCUT2D eigenvalue weighted by atomic mass is 9.94. The lowest BCUT2D eigenvalue weighted by molar-refractivity contribution is 0.0975. The lowest BCUT2D eigenvalue weighted by Gasteiger charge is -2.10. The van der Waals surface area contributed by atoms with Crippen molar-refractivity contribution >= 4 is 38.8 Å². The molecule has 2 aromatic rings. The fraction of sp³-hybridized carbons (Fsp3) is 0.308. The molecule has 3 rings (SSSR count). The highest BCUT2D eigenvalue weighted by molar-refractivity contribution is 7.20. The van der Waals surface area contributed by atoms with Gasteiger partial charge in [-0.15, -0.1) is 11.3 Å². The van der Waals surface area contributed by atoms with Gasteiger partial charge in [0.2, 0.25) is 0 Å². The van der Waals surface area contributed by atoms with Crippen molar-refractivity contribution in [3.8, 4) is 0 Å². The second kappa shape index (κ2) is 4.03. The van der Waals surface area contributed by atoms with E-state index in [1.54, 1.807) is 0 Å². The summed E-state index contributed by atoms with van der Waals surface area (Å²) in [5.41, 5.74) is 6.59. The molecule has 0 saturated carbocycles. The van der Waals surface area contributed by atoms with Crippen LogP contribution in [0.25, 0.3) is 10.2 Å². The fourth-order valence-electron chi connectivity index (χ4n) is 2.60. The number of ketones is 2. The number of carbonyl (C=O) groups excluding carboxylic acids is 2. The molecule has 0 aliphatic heterocycles. The molecule has 0 unspecified atom stereocenters. The van der Waals surface area contributed by atoms with Crippen LogP contribution in [0.3, 0.4) is 0 Å². The first-order valence-corrected chi connectivity index (χ1v) is 6.83. The van der Waals surface area contributed by atoms with Crippen molar-refractivity contribution < 1.29 is 9.59 Å². The monoisotopic (exact) mass is 276 g/mol. The van der Waals surface area contributed by atoms with Crippen LogP contribution in [0, 0.1) is 0 Å². The highest BCUT2D eigenvalue weighted by Gasteiger charge is 2.26. The molecule has 1 aliphatic rings. The quantitative estimate of drug-likeness (QED) is 0.778. The van der Waals surface area contributed by atoms with E-state index in [4.69, 9.17) is 5.73 Å². The Bertz CT molecular complexity index is 785. The van der Waals surface area contributed by atoms with Gasteiger partial charge in [0, 0.05) is 11.8 Å². The number of thiophene rings is 1. The van der Waals surface area contributed by atoms with E-state index in [0.29, 0.717) is 21.5 Å². The smallest absolute Gasteiger partial charge is 0.262 e. The first kappa shape index (κ1) is 12.1. The average Bonchev–Trinajstić information content (AvgIpc) is 2.68. The van der Waals surface area contributed by atoms with Crippen LogP contribution < -0.4 is 11.3 Å². The molecular formula is C13H12N2O3S. The average molecular weight is 276 g/mol. The third-order valence-electron chi connectivity index (χ3n) is 3.44. The summed E-state index contributed by atoms with van der Waals surface area (Å²) in [4.78, 5) is 39.2. The van der Waals surface area contributed by atoms with Crippen LogP contribution in [0.1, 0.15) is 45.4 Å². The number of carbonyl (C=O) groups is 2. The fourth-order valence-corrected chi connectivity index (χ4v) is 3.83. The molecule has 1 aliphatic carbocycles. The van der Waals surface area contributed by atoms with Gasteiger partial charge < -0.3 is 10.7 Å². The molecule has 0 atom stereocenters. The van der Waals surface area contributed by atoms with Gasteiger partial charge >= 0.3 is 0 Å². The van der Waals surface area contributed by atoms with Gasteiger partial charge in [-0.05, 0) is 25.3 Å². The van der Waals surface area contributed by atoms with Crippen LogP contribution in [-0.2, 0) is 6.42 Å². The van der Waals surface area contributed by atoms with Gasteiger partial charge in [0.1, 0.15) is 10.4 Å². The summed E-state index contributed by atoms with van der Waals surface area (Å²) in [5.74, 6) is -0.269. The topological polar surface area (TPSA) is 93.0 Å². The van der Waals surface area contributed by atoms with E-state index in [9.17, 15) is 14.4 Å². The zero-order valence-corrected chi connectivity index (χ0v) is 11.1. The third kappa shape index (κ3) is 1.63. The molecule has 0 radical (unpaired) electrons. The SMILES string of the molecule is CC(=O)c1c(N)c2c3c(sc2[nH]c1=O)C(=O)CCC3. The molecule has 0 spiro atoms. The van der Waals surface area contributed by atoms with E-state index in [1.165, 1.54) is 18.3 Å². The number of rotatable bonds is 1. The zero-order chi connectivity index (χ0) is 13.7. The van der Waals surface area contributed by atoms with Crippen molar-refractivity contribution in [3.05, 3.63) is 26.4 Å². The van der Waals surface area contributed by atoms with Crippen LogP contribution in [0.5, 0.6) is 0 Å². The van der Waals surface area contributed by atoms with E-state index in [1.807, 2.05) is 0 Å². The number of aryl methyl sites for hydroxylation is 1. The van der Waals surface area contributed by atoms with E-state index >= 15 is 0 Å². The minimum atomic E-state index is -0.483. The van der Waals surface area contributed by atoms with E-state index in [0.717, 1.165) is 18.4 Å². The van der Waals surface area contributed by atoms with Crippen LogP contribution >= 0.6 is 11.3 Å². The number of hydrogen-bond donors (Lipinski definition) is 2. The van der Waals surface area contributed by atoms with Crippen molar-refractivity contribution in [2.24, 2.45) is 0 Å². The van der Waals surface area contributed by atoms with Crippen LogP contribution in [0.4, 0.5) is 5.69 Å². The first-order chi connectivity index (χ1) is 9.00. The van der Waals surface area contributed by atoms with Gasteiger partial charge in [0.05, 0.1) is 10.6 Å². The maximum absolute atomic E-state index is 11.9. The Kier molecular flexibility index (Phi) is 2.56.